The summed E-state index contributed by atoms with van der Waals surface area (Å²) < 4.78 is 18.6. The number of halogens is 1. The molecule has 1 amide bonds. The van der Waals surface area contributed by atoms with E-state index in [1.54, 1.807) is 6.92 Å². The Hall–Kier alpha value is -1.28. The summed E-state index contributed by atoms with van der Waals surface area (Å²) in [4.78, 5) is 24.0. The van der Waals surface area contributed by atoms with Gasteiger partial charge in [0.05, 0.1) is 0 Å². The predicted molar refractivity (Wildman–Crippen MR) is 117 cm³/mol. The molecule has 1 saturated carbocycles. The van der Waals surface area contributed by atoms with Crippen molar-refractivity contribution in [2.45, 2.75) is 77.0 Å². The van der Waals surface area contributed by atoms with Gasteiger partial charge < -0.3 is 14.7 Å². The predicted octanol–water partition coefficient (Wildman–Crippen LogP) is 3.27. The lowest BCUT2D eigenvalue weighted by Gasteiger charge is -2.48. The third-order valence-electron chi connectivity index (χ3n) is 8.39. The largest absolute Gasteiger partial charge is 0.347 e. The monoisotopic (exact) mass is 435 g/mol. The highest BCUT2D eigenvalue weighted by Crippen LogP contribution is 2.53. The Bertz CT molecular complexity index is 771. The van der Waals surface area contributed by atoms with Gasteiger partial charge in [0, 0.05) is 50.2 Å². The van der Waals surface area contributed by atoms with E-state index in [0.717, 1.165) is 62.9 Å². The van der Waals surface area contributed by atoms with Gasteiger partial charge in [0.15, 0.2) is 0 Å². The molecule has 4 heterocycles. The van der Waals surface area contributed by atoms with Gasteiger partial charge in [-0.25, -0.2) is 9.37 Å². The summed E-state index contributed by atoms with van der Waals surface area (Å²) in [6.45, 7) is 8.78. The number of nitrogens with zero attached hydrogens (tertiary/aromatic N) is 5. The first-order chi connectivity index (χ1) is 14.4. The molecule has 0 aromatic carbocycles. The van der Waals surface area contributed by atoms with Crippen LogP contribution in [0.2, 0.25) is 0 Å². The van der Waals surface area contributed by atoms with Crippen LogP contribution >= 0.6 is 11.5 Å². The van der Waals surface area contributed by atoms with Crippen molar-refractivity contribution in [1.29, 1.82) is 0 Å². The van der Waals surface area contributed by atoms with Crippen LogP contribution in [0.4, 0.5) is 9.52 Å². The van der Waals surface area contributed by atoms with Crippen molar-refractivity contribution in [3.05, 3.63) is 5.82 Å². The Morgan fingerprint density at radius 2 is 1.87 bits per heavy atom. The van der Waals surface area contributed by atoms with Crippen LogP contribution in [-0.2, 0) is 4.79 Å². The van der Waals surface area contributed by atoms with Crippen molar-refractivity contribution in [2.24, 2.45) is 11.3 Å². The lowest BCUT2D eigenvalue weighted by atomic mass is 9.64. The van der Waals surface area contributed by atoms with Gasteiger partial charge in [-0.05, 0) is 76.3 Å². The van der Waals surface area contributed by atoms with Gasteiger partial charge in [0.1, 0.15) is 12.0 Å². The molecule has 1 spiro atoms. The molecular formula is C22H34FN5OS. The molecule has 30 heavy (non-hydrogen) atoms. The minimum atomic E-state index is -0.679. The van der Waals surface area contributed by atoms with Crippen LogP contribution in [0, 0.1) is 18.3 Å². The van der Waals surface area contributed by atoms with Crippen molar-refractivity contribution in [3.63, 3.8) is 0 Å². The van der Waals surface area contributed by atoms with Crippen molar-refractivity contribution < 1.29 is 9.18 Å². The molecule has 4 aliphatic rings. The van der Waals surface area contributed by atoms with E-state index in [4.69, 9.17) is 0 Å². The molecule has 166 valence electrons. The minimum Gasteiger partial charge on any atom is -0.347 e. The number of piperidine rings is 2. The maximum atomic E-state index is 14.3. The Morgan fingerprint density at radius 3 is 2.50 bits per heavy atom. The summed E-state index contributed by atoms with van der Waals surface area (Å²) in [6.07, 6.45) is 6.02. The normalized spacial score (nSPS) is 32.6. The molecule has 3 aliphatic heterocycles. The Labute approximate surface area is 183 Å². The van der Waals surface area contributed by atoms with Crippen LogP contribution in [0.15, 0.2) is 0 Å². The second-order valence-electron chi connectivity index (χ2n) is 9.97. The van der Waals surface area contributed by atoms with Gasteiger partial charge in [-0.2, -0.15) is 4.37 Å². The summed E-state index contributed by atoms with van der Waals surface area (Å²) in [5.74, 6) is 1.40. The smallest absolute Gasteiger partial charge is 0.219 e. The van der Waals surface area contributed by atoms with Crippen molar-refractivity contribution in [2.75, 3.05) is 37.6 Å². The number of rotatable bonds is 2. The first-order valence-electron chi connectivity index (χ1n) is 11.7. The number of likely N-dealkylation sites (tertiary alicyclic amines) is 2. The number of carbonyl (C=O) groups excluding carboxylic acids is 1. The Balaban J connectivity index is 1.20. The molecular weight excluding hydrogens is 401 g/mol. The number of anilines is 1. The van der Waals surface area contributed by atoms with E-state index < -0.39 is 6.17 Å². The number of aryl methyl sites for hydroxylation is 1. The number of hydrogen-bond donors (Lipinski definition) is 0. The van der Waals surface area contributed by atoms with E-state index in [1.165, 1.54) is 24.4 Å². The van der Waals surface area contributed by atoms with E-state index in [9.17, 15) is 9.18 Å². The molecule has 5 rings (SSSR count). The SMILES string of the molecule is CC(=O)N1CC2(CCN(C3CCN(c4nc(C)ns4)CC3)CC2)C2CC(F)CC[C@@H]21. The van der Waals surface area contributed by atoms with Crippen LogP contribution in [0.25, 0.3) is 0 Å². The highest BCUT2D eigenvalue weighted by atomic mass is 32.1. The maximum Gasteiger partial charge on any atom is 0.219 e. The van der Waals surface area contributed by atoms with Crippen molar-refractivity contribution in [3.8, 4) is 0 Å². The molecule has 6 nitrogen and oxygen atoms in total. The summed E-state index contributed by atoms with van der Waals surface area (Å²) in [6, 6.07) is 0.911. The fourth-order valence-electron chi connectivity index (χ4n) is 6.75. The van der Waals surface area contributed by atoms with E-state index in [0.29, 0.717) is 24.8 Å². The molecule has 0 N–H and O–H groups in total. The third-order valence-corrected chi connectivity index (χ3v) is 9.26. The highest BCUT2D eigenvalue weighted by Gasteiger charge is 2.55. The number of amides is 1. The third kappa shape index (κ3) is 3.64. The number of carbonyl (C=O) groups is 1. The molecule has 1 aliphatic carbocycles. The van der Waals surface area contributed by atoms with E-state index >= 15 is 0 Å². The molecule has 1 aromatic heterocycles. The van der Waals surface area contributed by atoms with Gasteiger partial charge >= 0.3 is 0 Å². The van der Waals surface area contributed by atoms with Crippen LogP contribution in [0.3, 0.4) is 0 Å². The van der Waals surface area contributed by atoms with Crippen LogP contribution in [0.1, 0.15) is 57.7 Å². The van der Waals surface area contributed by atoms with Crippen molar-refractivity contribution >= 4 is 22.6 Å². The van der Waals surface area contributed by atoms with E-state index in [-0.39, 0.29) is 17.4 Å². The fraction of sp³-hybridized carbons (Fsp3) is 0.864. The lowest BCUT2D eigenvalue weighted by molar-refractivity contribution is -0.130. The maximum absolute atomic E-state index is 14.3. The number of alkyl halides is 1. The minimum absolute atomic E-state index is 0.141. The van der Waals surface area contributed by atoms with Crippen molar-refractivity contribution in [1.82, 2.24) is 19.2 Å². The average molecular weight is 436 g/mol. The summed E-state index contributed by atoms with van der Waals surface area (Å²) >= 11 is 1.51. The lowest BCUT2D eigenvalue weighted by Crippen LogP contribution is -2.52. The van der Waals surface area contributed by atoms with Crippen LogP contribution in [0.5, 0.6) is 0 Å². The Morgan fingerprint density at radius 1 is 1.13 bits per heavy atom. The molecule has 8 heteroatoms. The van der Waals surface area contributed by atoms with Gasteiger partial charge in [-0.1, -0.05) is 0 Å². The number of hydrogen-bond acceptors (Lipinski definition) is 6. The molecule has 3 saturated heterocycles. The molecule has 0 radical (unpaired) electrons. The number of fused-ring (bicyclic) bond motifs is 2. The summed E-state index contributed by atoms with van der Waals surface area (Å²) in [7, 11) is 0. The Kier molecular flexibility index (Phi) is 5.50. The molecule has 3 atom stereocenters. The fourth-order valence-corrected chi connectivity index (χ4v) is 7.48. The van der Waals surface area contributed by atoms with Gasteiger partial charge in [0.2, 0.25) is 11.0 Å². The quantitative estimate of drug-likeness (QED) is 0.714. The van der Waals surface area contributed by atoms with Gasteiger partial charge in [0.25, 0.3) is 0 Å². The topological polar surface area (TPSA) is 52.6 Å². The van der Waals surface area contributed by atoms with E-state index in [1.807, 2.05) is 6.92 Å². The zero-order chi connectivity index (χ0) is 20.9. The zero-order valence-corrected chi connectivity index (χ0v) is 19.0. The van der Waals surface area contributed by atoms with Crippen LogP contribution < -0.4 is 4.90 Å². The molecule has 1 aromatic rings. The first kappa shape index (κ1) is 20.6. The standard InChI is InChI=1S/C22H34FN5OS/c1-15-24-21(30-25-15)27-9-5-18(6-10-27)26-11-7-22(8-12-26)14-28(16(2)29)20-4-3-17(23)13-19(20)22/h17-20H,3-14H2,1-2H3/t17?,19?,20-/m0/s1. The summed E-state index contributed by atoms with van der Waals surface area (Å²) in [5, 5.41) is 1.06. The summed E-state index contributed by atoms with van der Waals surface area (Å²) in [5.41, 5.74) is 0.141. The number of aromatic nitrogens is 2. The van der Waals surface area contributed by atoms with Crippen LogP contribution in [-0.4, -0.2) is 76.0 Å². The molecule has 4 fully saturated rings. The molecule has 0 bridgehead atoms. The van der Waals surface area contributed by atoms with Gasteiger partial charge in [-0.15, -0.1) is 0 Å². The zero-order valence-electron chi connectivity index (χ0n) is 18.2. The van der Waals surface area contributed by atoms with E-state index in [2.05, 4.69) is 24.1 Å². The second-order valence-corrected chi connectivity index (χ2v) is 10.7. The second kappa shape index (κ2) is 8.01. The average Bonchev–Trinajstić information content (AvgIpc) is 3.31. The highest BCUT2D eigenvalue weighted by molar-refractivity contribution is 7.09. The first-order valence-corrected chi connectivity index (χ1v) is 12.4. The molecule has 2 unspecified atom stereocenters. The van der Waals surface area contributed by atoms with Gasteiger partial charge in [-0.3, -0.25) is 4.79 Å².